The Hall–Kier alpha value is -2.56. The Balaban J connectivity index is 1.74. The smallest absolute Gasteiger partial charge is 0.303 e. The summed E-state index contributed by atoms with van der Waals surface area (Å²) in [5.74, 6) is -0.871. The molecule has 5 heteroatoms. The van der Waals surface area contributed by atoms with Gasteiger partial charge in [0.1, 0.15) is 0 Å². The van der Waals surface area contributed by atoms with Crippen molar-refractivity contribution in [2.75, 3.05) is 6.54 Å². The Kier molecular flexibility index (Phi) is 5.77. The number of aromatic nitrogens is 1. The van der Waals surface area contributed by atoms with E-state index in [0.29, 0.717) is 18.5 Å². The Morgan fingerprint density at radius 3 is 2.32 bits per heavy atom. The fourth-order valence-electron chi connectivity index (χ4n) is 2.17. The normalized spacial score (nSPS) is 10.4. The van der Waals surface area contributed by atoms with Crippen molar-refractivity contribution in [3.8, 4) is 5.69 Å². The van der Waals surface area contributed by atoms with Crippen molar-refractivity contribution in [2.45, 2.75) is 25.7 Å². The first-order valence-corrected chi connectivity index (χ1v) is 7.40. The van der Waals surface area contributed by atoms with E-state index in [-0.39, 0.29) is 12.3 Å². The molecule has 1 heterocycles. The number of aliphatic carboxylic acids is 1. The predicted octanol–water partition coefficient (Wildman–Crippen LogP) is 2.85. The molecule has 0 fully saturated rings. The standard InChI is InChI=1S/C17H20N2O3/c20-16(21)6-2-1-3-11-18-17(22)14-7-9-15(10-8-14)19-12-4-5-13-19/h4-5,7-10,12-13H,1-3,6,11H2,(H,18,22)(H,20,21). The third kappa shape index (κ3) is 4.77. The van der Waals surface area contributed by atoms with Crippen LogP contribution in [0.5, 0.6) is 0 Å². The molecule has 1 amide bonds. The van der Waals surface area contributed by atoms with Crippen molar-refractivity contribution >= 4 is 11.9 Å². The number of carbonyl (C=O) groups is 2. The zero-order valence-corrected chi connectivity index (χ0v) is 12.4. The van der Waals surface area contributed by atoms with Gasteiger partial charge in [0.15, 0.2) is 0 Å². The molecule has 2 aromatic rings. The number of carboxylic acids is 1. The summed E-state index contributed by atoms with van der Waals surface area (Å²) in [6.07, 6.45) is 6.34. The van der Waals surface area contributed by atoms with Gasteiger partial charge in [-0.05, 0) is 49.2 Å². The third-order valence-electron chi connectivity index (χ3n) is 3.39. The second kappa shape index (κ2) is 8.02. The number of rotatable bonds is 8. The third-order valence-corrected chi connectivity index (χ3v) is 3.39. The first-order valence-electron chi connectivity index (χ1n) is 7.40. The molecular weight excluding hydrogens is 280 g/mol. The van der Waals surface area contributed by atoms with Gasteiger partial charge < -0.3 is 15.0 Å². The SMILES string of the molecule is O=C(O)CCCCCNC(=O)c1ccc(-n2cccc2)cc1. The molecule has 2 N–H and O–H groups in total. The maximum absolute atomic E-state index is 12.0. The van der Waals surface area contributed by atoms with Crippen LogP contribution in [0, 0.1) is 0 Å². The van der Waals surface area contributed by atoms with Crippen LogP contribution in [0.3, 0.4) is 0 Å². The molecule has 0 bridgehead atoms. The molecule has 0 saturated heterocycles. The Morgan fingerprint density at radius 2 is 1.68 bits per heavy atom. The molecule has 0 aliphatic heterocycles. The number of unbranched alkanes of at least 4 members (excludes halogenated alkanes) is 2. The predicted molar refractivity (Wildman–Crippen MR) is 84.2 cm³/mol. The van der Waals surface area contributed by atoms with Gasteiger partial charge in [0.05, 0.1) is 0 Å². The minimum absolute atomic E-state index is 0.0997. The first kappa shape index (κ1) is 15.8. The van der Waals surface area contributed by atoms with Crippen LogP contribution < -0.4 is 5.32 Å². The Morgan fingerprint density at radius 1 is 1.00 bits per heavy atom. The summed E-state index contributed by atoms with van der Waals surface area (Å²) >= 11 is 0. The van der Waals surface area contributed by atoms with E-state index in [1.165, 1.54) is 0 Å². The second-order valence-electron chi connectivity index (χ2n) is 5.10. The molecule has 116 valence electrons. The van der Waals surface area contributed by atoms with Crippen LogP contribution in [0.25, 0.3) is 5.69 Å². The van der Waals surface area contributed by atoms with Crippen molar-refractivity contribution in [3.05, 3.63) is 54.4 Å². The van der Waals surface area contributed by atoms with E-state index in [2.05, 4.69) is 5.32 Å². The molecule has 1 aromatic carbocycles. The lowest BCUT2D eigenvalue weighted by molar-refractivity contribution is -0.137. The molecule has 0 atom stereocenters. The number of hydrogen-bond donors (Lipinski definition) is 2. The summed E-state index contributed by atoms with van der Waals surface area (Å²) in [4.78, 5) is 22.3. The van der Waals surface area contributed by atoms with E-state index >= 15 is 0 Å². The van der Waals surface area contributed by atoms with Crippen LogP contribution in [0.2, 0.25) is 0 Å². The van der Waals surface area contributed by atoms with Crippen LogP contribution in [-0.4, -0.2) is 28.1 Å². The lowest BCUT2D eigenvalue weighted by Crippen LogP contribution is -2.24. The minimum Gasteiger partial charge on any atom is -0.481 e. The highest BCUT2D eigenvalue weighted by atomic mass is 16.4. The van der Waals surface area contributed by atoms with E-state index in [1.54, 1.807) is 12.1 Å². The molecule has 0 saturated carbocycles. The molecule has 0 spiro atoms. The van der Waals surface area contributed by atoms with Gasteiger partial charge in [0, 0.05) is 36.6 Å². The summed E-state index contributed by atoms with van der Waals surface area (Å²) in [5.41, 5.74) is 1.64. The monoisotopic (exact) mass is 300 g/mol. The highest BCUT2D eigenvalue weighted by Gasteiger charge is 2.05. The zero-order chi connectivity index (χ0) is 15.8. The number of benzene rings is 1. The molecule has 0 unspecified atom stereocenters. The lowest BCUT2D eigenvalue weighted by atomic mass is 10.1. The van der Waals surface area contributed by atoms with E-state index in [4.69, 9.17) is 5.11 Å². The molecule has 22 heavy (non-hydrogen) atoms. The lowest BCUT2D eigenvalue weighted by Gasteiger charge is -2.07. The average molecular weight is 300 g/mol. The molecule has 1 aromatic heterocycles. The van der Waals surface area contributed by atoms with Crippen LogP contribution in [0.15, 0.2) is 48.8 Å². The molecule has 5 nitrogen and oxygen atoms in total. The quantitative estimate of drug-likeness (QED) is 0.736. The summed E-state index contributed by atoms with van der Waals surface area (Å²) in [7, 11) is 0. The van der Waals surface area contributed by atoms with Crippen molar-refractivity contribution in [2.24, 2.45) is 0 Å². The minimum atomic E-state index is -0.771. The van der Waals surface area contributed by atoms with Gasteiger partial charge in [-0.1, -0.05) is 6.42 Å². The zero-order valence-electron chi connectivity index (χ0n) is 12.4. The molecular formula is C17H20N2O3. The van der Waals surface area contributed by atoms with Crippen molar-refractivity contribution < 1.29 is 14.7 Å². The first-order chi connectivity index (χ1) is 10.7. The van der Waals surface area contributed by atoms with Crippen LogP contribution in [0.1, 0.15) is 36.0 Å². The van der Waals surface area contributed by atoms with Crippen molar-refractivity contribution in [3.63, 3.8) is 0 Å². The highest BCUT2D eigenvalue weighted by Crippen LogP contribution is 2.10. The van der Waals surface area contributed by atoms with Gasteiger partial charge in [-0.15, -0.1) is 0 Å². The van der Waals surface area contributed by atoms with Gasteiger partial charge in [-0.3, -0.25) is 9.59 Å². The number of nitrogens with one attached hydrogen (secondary N) is 1. The Labute approximate surface area is 129 Å². The molecule has 0 aliphatic rings. The number of carboxylic acid groups (broad SMARTS) is 1. The number of carbonyl (C=O) groups excluding carboxylic acids is 1. The van der Waals surface area contributed by atoms with Crippen LogP contribution in [0.4, 0.5) is 0 Å². The number of nitrogens with zero attached hydrogens (tertiary/aromatic N) is 1. The average Bonchev–Trinajstić information content (AvgIpc) is 3.05. The summed E-state index contributed by atoms with van der Waals surface area (Å²) in [6.45, 7) is 0.567. The molecule has 0 radical (unpaired) electrons. The summed E-state index contributed by atoms with van der Waals surface area (Å²) < 4.78 is 1.98. The number of hydrogen-bond acceptors (Lipinski definition) is 2. The molecule has 0 aliphatic carbocycles. The van der Waals surface area contributed by atoms with Crippen LogP contribution in [-0.2, 0) is 4.79 Å². The van der Waals surface area contributed by atoms with Gasteiger partial charge in [-0.25, -0.2) is 0 Å². The van der Waals surface area contributed by atoms with Gasteiger partial charge in [0.25, 0.3) is 5.91 Å². The molecule has 2 rings (SSSR count). The van der Waals surface area contributed by atoms with Crippen LogP contribution >= 0.6 is 0 Å². The van der Waals surface area contributed by atoms with E-state index in [1.807, 2.05) is 41.2 Å². The van der Waals surface area contributed by atoms with Crippen molar-refractivity contribution in [1.29, 1.82) is 0 Å². The summed E-state index contributed by atoms with van der Waals surface area (Å²) in [6, 6.07) is 11.3. The maximum Gasteiger partial charge on any atom is 0.303 e. The van der Waals surface area contributed by atoms with Gasteiger partial charge >= 0.3 is 5.97 Å². The Bertz CT molecular complexity index is 603. The fourth-order valence-corrected chi connectivity index (χ4v) is 2.17. The topological polar surface area (TPSA) is 71.3 Å². The highest BCUT2D eigenvalue weighted by molar-refractivity contribution is 5.94. The van der Waals surface area contributed by atoms with Gasteiger partial charge in [0.2, 0.25) is 0 Å². The van der Waals surface area contributed by atoms with E-state index in [9.17, 15) is 9.59 Å². The van der Waals surface area contributed by atoms with Crippen molar-refractivity contribution in [1.82, 2.24) is 9.88 Å². The van der Waals surface area contributed by atoms with E-state index in [0.717, 1.165) is 18.5 Å². The largest absolute Gasteiger partial charge is 0.481 e. The van der Waals surface area contributed by atoms with Gasteiger partial charge in [-0.2, -0.15) is 0 Å². The number of amides is 1. The maximum atomic E-state index is 12.0. The second-order valence-corrected chi connectivity index (χ2v) is 5.10. The fraction of sp³-hybridized carbons (Fsp3) is 0.294. The van der Waals surface area contributed by atoms with E-state index < -0.39 is 5.97 Å². The summed E-state index contributed by atoms with van der Waals surface area (Å²) in [5, 5.41) is 11.4.